The molecule has 2 atom stereocenters. The topological polar surface area (TPSA) is 47.7 Å². The largest absolute Gasteiger partial charge is 0.343 e. The SMILES string of the molecule is CC1(c2ccccc2)OCC(CN2CCC(CN)CC2)O1. The highest BCUT2D eigenvalue weighted by molar-refractivity contribution is 5.20. The van der Waals surface area contributed by atoms with Gasteiger partial charge in [-0.3, -0.25) is 0 Å². The molecule has 0 spiro atoms. The molecule has 4 heteroatoms. The Morgan fingerprint density at radius 3 is 2.62 bits per heavy atom. The molecule has 4 nitrogen and oxygen atoms in total. The number of piperidine rings is 1. The monoisotopic (exact) mass is 290 g/mol. The molecule has 0 saturated carbocycles. The van der Waals surface area contributed by atoms with Crippen molar-refractivity contribution >= 4 is 0 Å². The summed E-state index contributed by atoms with van der Waals surface area (Å²) in [5.41, 5.74) is 6.84. The minimum Gasteiger partial charge on any atom is -0.343 e. The summed E-state index contributed by atoms with van der Waals surface area (Å²) in [6.45, 7) is 6.72. The second kappa shape index (κ2) is 6.44. The molecule has 0 aromatic heterocycles. The lowest BCUT2D eigenvalue weighted by Gasteiger charge is -2.33. The van der Waals surface area contributed by atoms with Gasteiger partial charge in [-0.1, -0.05) is 30.3 Å². The van der Waals surface area contributed by atoms with Gasteiger partial charge in [-0.2, -0.15) is 0 Å². The van der Waals surface area contributed by atoms with Gasteiger partial charge in [0, 0.05) is 12.1 Å². The van der Waals surface area contributed by atoms with Gasteiger partial charge in [0.2, 0.25) is 0 Å². The van der Waals surface area contributed by atoms with Crippen LogP contribution < -0.4 is 5.73 Å². The number of ether oxygens (including phenoxy) is 2. The summed E-state index contributed by atoms with van der Waals surface area (Å²) >= 11 is 0. The van der Waals surface area contributed by atoms with E-state index in [0.717, 1.165) is 31.7 Å². The lowest BCUT2D eigenvalue weighted by molar-refractivity contribution is -0.163. The van der Waals surface area contributed by atoms with Gasteiger partial charge in [0.05, 0.1) is 12.7 Å². The molecule has 0 radical (unpaired) electrons. The standard InChI is InChI=1S/C17H26N2O2/c1-17(15-5-3-2-4-6-15)20-13-16(21-17)12-19-9-7-14(11-18)8-10-19/h2-6,14,16H,7-13,18H2,1H3. The van der Waals surface area contributed by atoms with E-state index in [1.54, 1.807) is 0 Å². The van der Waals surface area contributed by atoms with Gasteiger partial charge in [0.25, 0.3) is 0 Å². The summed E-state index contributed by atoms with van der Waals surface area (Å²) in [7, 11) is 0. The summed E-state index contributed by atoms with van der Waals surface area (Å²) < 4.78 is 12.2. The fraction of sp³-hybridized carbons (Fsp3) is 0.647. The second-order valence-electron chi connectivity index (χ2n) is 6.34. The zero-order valence-corrected chi connectivity index (χ0v) is 12.8. The van der Waals surface area contributed by atoms with Crippen LogP contribution in [-0.2, 0) is 15.3 Å². The van der Waals surface area contributed by atoms with Crippen LogP contribution in [0, 0.1) is 5.92 Å². The molecule has 2 fully saturated rings. The molecule has 0 amide bonds. The molecule has 3 rings (SSSR count). The number of nitrogens with zero attached hydrogens (tertiary/aromatic N) is 1. The van der Waals surface area contributed by atoms with Crippen LogP contribution in [0.3, 0.4) is 0 Å². The van der Waals surface area contributed by atoms with Crippen molar-refractivity contribution in [3.05, 3.63) is 35.9 Å². The van der Waals surface area contributed by atoms with Crippen molar-refractivity contribution < 1.29 is 9.47 Å². The van der Waals surface area contributed by atoms with Crippen LogP contribution in [0.1, 0.15) is 25.3 Å². The molecule has 2 N–H and O–H groups in total. The van der Waals surface area contributed by atoms with Gasteiger partial charge in [-0.25, -0.2) is 0 Å². The third-order valence-electron chi connectivity index (χ3n) is 4.74. The highest BCUT2D eigenvalue weighted by Gasteiger charge is 2.39. The summed E-state index contributed by atoms with van der Waals surface area (Å²) in [5, 5.41) is 0. The smallest absolute Gasteiger partial charge is 0.192 e. The van der Waals surface area contributed by atoms with Gasteiger partial charge in [-0.15, -0.1) is 0 Å². The predicted octanol–water partition coefficient (Wildman–Crippen LogP) is 1.95. The molecule has 2 heterocycles. The lowest BCUT2D eigenvalue weighted by atomic mass is 9.97. The maximum absolute atomic E-state index is 6.20. The van der Waals surface area contributed by atoms with Crippen LogP contribution in [-0.4, -0.2) is 43.8 Å². The third kappa shape index (κ3) is 3.46. The van der Waals surface area contributed by atoms with Crippen LogP contribution >= 0.6 is 0 Å². The van der Waals surface area contributed by atoms with E-state index in [0.29, 0.717) is 12.5 Å². The molecule has 1 aromatic rings. The maximum atomic E-state index is 6.20. The molecule has 21 heavy (non-hydrogen) atoms. The van der Waals surface area contributed by atoms with Crippen LogP contribution in [0.2, 0.25) is 0 Å². The van der Waals surface area contributed by atoms with Gasteiger partial charge in [-0.05, 0) is 45.3 Å². The van der Waals surface area contributed by atoms with Gasteiger partial charge >= 0.3 is 0 Å². The molecule has 1 aromatic carbocycles. The third-order valence-corrected chi connectivity index (χ3v) is 4.74. The van der Waals surface area contributed by atoms with E-state index in [9.17, 15) is 0 Å². The summed E-state index contributed by atoms with van der Waals surface area (Å²) in [4.78, 5) is 2.48. The van der Waals surface area contributed by atoms with Crippen molar-refractivity contribution in [3.8, 4) is 0 Å². The molecule has 2 unspecified atom stereocenters. The maximum Gasteiger partial charge on any atom is 0.192 e. The van der Waals surface area contributed by atoms with E-state index in [-0.39, 0.29) is 6.10 Å². The first-order chi connectivity index (χ1) is 10.2. The Morgan fingerprint density at radius 2 is 1.95 bits per heavy atom. The Morgan fingerprint density at radius 1 is 1.24 bits per heavy atom. The zero-order valence-electron chi connectivity index (χ0n) is 12.8. The summed E-state index contributed by atoms with van der Waals surface area (Å²) in [6, 6.07) is 10.2. The molecule has 0 bridgehead atoms. The molecule has 2 aliphatic rings. The summed E-state index contributed by atoms with van der Waals surface area (Å²) in [6.07, 6.45) is 2.57. The van der Waals surface area contributed by atoms with Crippen molar-refractivity contribution in [2.24, 2.45) is 11.7 Å². The van der Waals surface area contributed by atoms with Crippen LogP contribution in [0.15, 0.2) is 30.3 Å². The average Bonchev–Trinajstić information content (AvgIpc) is 2.91. The zero-order chi connectivity index (χ0) is 14.7. The molecule has 2 aliphatic heterocycles. The van der Waals surface area contributed by atoms with Gasteiger partial charge < -0.3 is 20.1 Å². The van der Waals surface area contributed by atoms with Crippen molar-refractivity contribution in [2.75, 3.05) is 32.8 Å². The minimum atomic E-state index is -0.596. The van der Waals surface area contributed by atoms with Gasteiger partial charge in [0.1, 0.15) is 0 Å². The Kier molecular flexibility index (Phi) is 4.60. The van der Waals surface area contributed by atoms with Crippen molar-refractivity contribution in [1.29, 1.82) is 0 Å². The van der Waals surface area contributed by atoms with Crippen LogP contribution in [0.5, 0.6) is 0 Å². The molecular formula is C17H26N2O2. The van der Waals surface area contributed by atoms with E-state index >= 15 is 0 Å². The number of hydrogen-bond acceptors (Lipinski definition) is 4. The second-order valence-corrected chi connectivity index (χ2v) is 6.34. The molecule has 116 valence electrons. The van der Waals surface area contributed by atoms with Crippen molar-refractivity contribution in [1.82, 2.24) is 4.90 Å². The Balaban J connectivity index is 1.53. The first-order valence-corrected chi connectivity index (χ1v) is 7.99. The molecular weight excluding hydrogens is 264 g/mol. The van der Waals surface area contributed by atoms with Gasteiger partial charge in [0.15, 0.2) is 5.79 Å². The van der Waals surface area contributed by atoms with Crippen molar-refractivity contribution in [3.63, 3.8) is 0 Å². The predicted molar refractivity (Wildman–Crippen MR) is 82.8 cm³/mol. The first kappa shape index (κ1) is 15.0. The molecule has 2 saturated heterocycles. The fourth-order valence-corrected chi connectivity index (χ4v) is 3.31. The number of rotatable bonds is 4. The van der Waals surface area contributed by atoms with Crippen LogP contribution in [0.4, 0.5) is 0 Å². The fourth-order valence-electron chi connectivity index (χ4n) is 3.31. The van der Waals surface area contributed by atoms with Crippen LogP contribution in [0.25, 0.3) is 0 Å². The van der Waals surface area contributed by atoms with E-state index < -0.39 is 5.79 Å². The lowest BCUT2D eigenvalue weighted by Crippen LogP contribution is -2.41. The quantitative estimate of drug-likeness (QED) is 0.920. The van der Waals surface area contributed by atoms with E-state index in [1.807, 2.05) is 25.1 Å². The number of benzene rings is 1. The normalized spacial score (nSPS) is 31.6. The average molecular weight is 290 g/mol. The van der Waals surface area contributed by atoms with Crippen molar-refractivity contribution in [2.45, 2.75) is 31.7 Å². The minimum absolute atomic E-state index is 0.157. The number of nitrogens with two attached hydrogens (primary N) is 1. The molecule has 0 aliphatic carbocycles. The number of hydrogen-bond donors (Lipinski definition) is 1. The van der Waals surface area contributed by atoms with E-state index in [4.69, 9.17) is 15.2 Å². The highest BCUT2D eigenvalue weighted by atomic mass is 16.7. The van der Waals surface area contributed by atoms with E-state index in [2.05, 4.69) is 17.0 Å². The summed E-state index contributed by atoms with van der Waals surface area (Å²) in [5.74, 6) is 0.109. The van der Waals surface area contributed by atoms with E-state index in [1.165, 1.54) is 12.8 Å². The Hall–Kier alpha value is -0.940. The Bertz CT molecular complexity index is 445. The Labute approximate surface area is 127 Å². The number of likely N-dealkylation sites (tertiary alicyclic amines) is 1. The highest BCUT2D eigenvalue weighted by Crippen LogP contribution is 2.34. The first-order valence-electron chi connectivity index (χ1n) is 7.99.